The summed E-state index contributed by atoms with van der Waals surface area (Å²) in [6.07, 6.45) is 6.32. The average Bonchev–Trinajstić information content (AvgIpc) is 3.46. The Hall–Kier alpha value is -5.65. The number of amides is 1. The molecule has 1 amide bonds. The van der Waals surface area contributed by atoms with Crippen molar-refractivity contribution >= 4 is 34.8 Å². The van der Waals surface area contributed by atoms with Crippen molar-refractivity contribution in [3.63, 3.8) is 0 Å². The molecule has 11 heteroatoms. The van der Waals surface area contributed by atoms with Gasteiger partial charge in [0.15, 0.2) is 5.65 Å². The van der Waals surface area contributed by atoms with E-state index >= 15 is 4.39 Å². The van der Waals surface area contributed by atoms with E-state index in [1.165, 1.54) is 18.3 Å². The largest absolute Gasteiger partial charge is 0.392 e. The van der Waals surface area contributed by atoms with Crippen LogP contribution in [-0.4, -0.2) is 67.7 Å². The van der Waals surface area contributed by atoms with Gasteiger partial charge in [0.25, 0.3) is 5.91 Å². The van der Waals surface area contributed by atoms with Gasteiger partial charge in [0.2, 0.25) is 0 Å². The van der Waals surface area contributed by atoms with E-state index in [0.29, 0.717) is 39.5 Å². The highest BCUT2D eigenvalue weighted by Gasteiger charge is 2.23. The van der Waals surface area contributed by atoms with Gasteiger partial charge >= 0.3 is 0 Å². The SMILES string of the molecule is CN/C=C(\C=N)Nc1cccn2c(C#Cc3cc(C(=O)Nc4cc(N(C)CCN(C)C)cc(C(C)(C)C#N)c4)c(F)cc3C)cnc12. The molecule has 0 atom stereocenters. The number of aromatic nitrogens is 2. The smallest absolute Gasteiger partial charge is 0.258 e. The highest BCUT2D eigenvalue weighted by molar-refractivity contribution is 6.05. The van der Waals surface area contributed by atoms with Crippen molar-refractivity contribution in [3.05, 3.63) is 101 Å². The summed E-state index contributed by atoms with van der Waals surface area (Å²) in [6, 6.07) is 14.3. The molecule has 2 heterocycles. The van der Waals surface area contributed by atoms with Crippen LogP contribution in [0.2, 0.25) is 0 Å². The van der Waals surface area contributed by atoms with Crippen LogP contribution in [0.5, 0.6) is 0 Å². The lowest BCUT2D eigenvalue weighted by atomic mass is 9.85. The number of carbonyl (C=O) groups is 1. The Balaban J connectivity index is 1.65. The number of halogens is 1. The molecule has 0 saturated heterocycles. The first-order valence-corrected chi connectivity index (χ1v) is 15.0. The molecule has 2 aromatic carbocycles. The predicted molar refractivity (Wildman–Crippen MR) is 187 cm³/mol. The standard InChI is InChI=1S/C36H40FN9O/c1-24-15-32(37)31(35(47)43-27-17-26(36(2,3)23-39)18-30(19-27)45(7)14-13-44(5)6)16-25(24)10-11-29-22-41-34-33(9-8-12-46(29)34)42-28(20-38)21-40-4/h8-9,12,15-22,38,40,42H,13-14H2,1-7H3,(H,43,47)/b28-21+,38-20?. The van der Waals surface area contributed by atoms with Gasteiger partial charge in [-0.3, -0.25) is 9.20 Å². The molecule has 4 N–H and O–H groups in total. The number of likely N-dealkylation sites (N-methyl/N-ethyl adjacent to an activating group) is 2. The van der Waals surface area contributed by atoms with E-state index < -0.39 is 17.1 Å². The number of nitriles is 1. The maximum atomic E-state index is 15.2. The van der Waals surface area contributed by atoms with Crippen molar-refractivity contribution < 1.29 is 9.18 Å². The zero-order valence-electron chi connectivity index (χ0n) is 27.8. The van der Waals surface area contributed by atoms with E-state index in [4.69, 9.17) is 5.41 Å². The molecule has 0 radical (unpaired) electrons. The molecule has 0 fully saturated rings. The number of nitrogens with one attached hydrogen (secondary N) is 4. The van der Waals surface area contributed by atoms with Gasteiger partial charge in [0.05, 0.1) is 34.6 Å². The third-order valence-corrected chi connectivity index (χ3v) is 7.65. The lowest BCUT2D eigenvalue weighted by Crippen LogP contribution is -2.29. The van der Waals surface area contributed by atoms with Crippen LogP contribution in [0, 0.1) is 41.3 Å². The Morgan fingerprint density at radius 2 is 1.89 bits per heavy atom. The number of imidazole rings is 1. The topological polar surface area (TPSA) is 125 Å². The number of hydrogen-bond donors (Lipinski definition) is 4. The van der Waals surface area contributed by atoms with Crippen LogP contribution in [0.15, 0.2) is 66.8 Å². The first kappa shape index (κ1) is 34.2. The molecular formula is C36H40FN9O. The van der Waals surface area contributed by atoms with Crippen LogP contribution >= 0.6 is 0 Å². The zero-order valence-corrected chi connectivity index (χ0v) is 27.8. The molecule has 0 aliphatic heterocycles. The highest BCUT2D eigenvalue weighted by atomic mass is 19.1. The lowest BCUT2D eigenvalue weighted by molar-refractivity contribution is 0.102. The number of fused-ring (bicyclic) bond motifs is 1. The fourth-order valence-corrected chi connectivity index (χ4v) is 4.75. The molecule has 0 aliphatic carbocycles. The van der Waals surface area contributed by atoms with E-state index in [-0.39, 0.29) is 5.56 Å². The quantitative estimate of drug-likeness (QED) is 0.130. The minimum Gasteiger partial charge on any atom is -0.392 e. The monoisotopic (exact) mass is 633 g/mol. The normalized spacial score (nSPS) is 11.4. The van der Waals surface area contributed by atoms with Crippen LogP contribution in [0.1, 0.15) is 46.6 Å². The van der Waals surface area contributed by atoms with E-state index in [1.54, 1.807) is 32.4 Å². The predicted octanol–water partition coefficient (Wildman–Crippen LogP) is 5.36. The van der Waals surface area contributed by atoms with Crippen LogP contribution in [0.4, 0.5) is 21.5 Å². The number of nitrogens with zero attached hydrogens (tertiary/aromatic N) is 5. The third-order valence-electron chi connectivity index (χ3n) is 7.65. The molecule has 4 rings (SSSR count). The molecule has 242 valence electrons. The van der Waals surface area contributed by atoms with E-state index in [0.717, 1.165) is 24.3 Å². The second kappa shape index (κ2) is 14.6. The number of carbonyl (C=O) groups excluding carboxylic acids is 1. The Morgan fingerprint density at radius 3 is 2.57 bits per heavy atom. The van der Waals surface area contributed by atoms with Crippen molar-refractivity contribution in [2.75, 3.05) is 56.8 Å². The summed E-state index contributed by atoms with van der Waals surface area (Å²) in [5, 5.41) is 26.3. The summed E-state index contributed by atoms with van der Waals surface area (Å²) in [5.41, 5.74) is 4.60. The molecule has 4 aromatic rings. The van der Waals surface area contributed by atoms with E-state index in [1.807, 2.05) is 69.9 Å². The molecule has 0 aliphatic rings. The minimum atomic E-state index is -0.809. The zero-order chi connectivity index (χ0) is 34.3. The first-order chi connectivity index (χ1) is 22.4. The Kier molecular flexibility index (Phi) is 10.7. The number of aryl methyl sites for hydroxylation is 1. The number of pyridine rings is 1. The van der Waals surface area contributed by atoms with Gasteiger partial charge in [-0.25, -0.2) is 9.37 Å². The minimum absolute atomic E-state index is 0.146. The van der Waals surface area contributed by atoms with Gasteiger partial charge in [-0.1, -0.05) is 5.92 Å². The highest BCUT2D eigenvalue weighted by Crippen LogP contribution is 2.31. The maximum absolute atomic E-state index is 15.2. The van der Waals surface area contributed by atoms with Gasteiger partial charge in [-0.15, -0.1) is 0 Å². The third kappa shape index (κ3) is 8.15. The van der Waals surface area contributed by atoms with E-state index in [9.17, 15) is 10.1 Å². The molecule has 2 aromatic heterocycles. The summed E-state index contributed by atoms with van der Waals surface area (Å²) < 4.78 is 17.0. The molecule has 10 nitrogen and oxygen atoms in total. The van der Waals surface area contributed by atoms with Gasteiger partial charge in [-0.2, -0.15) is 5.26 Å². The fraction of sp³-hybridized carbons (Fsp3) is 0.278. The summed E-state index contributed by atoms with van der Waals surface area (Å²) in [4.78, 5) is 22.1. The molecule has 0 bridgehead atoms. The van der Waals surface area contributed by atoms with Crippen molar-refractivity contribution in [1.82, 2.24) is 19.6 Å². The van der Waals surface area contributed by atoms with Crippen LogP contribution in [0.25, 0.3) is 5.65 Å². The van der Waals surface area contributed by atoms with E-state index in [2.05, 4.69) is 48.6 Å². The summed E-state index contributed by atoms with van der Waals surface area (Å²) >= 11 is 0. The summed E-state index contributed by atoms with van der Waals surface area (Å²) in [7, 11) is 7.69. The second-order valence-corrected chi connectivity index (χ2v) is 12.0. The van der Waals surface area contributed by atoms with Gasteiger partial charge < -0.3 is 31.2 Å². The van der Waals surface area contributed by atoms with Crippen molar-refractivity contribution in [2.24, 2.45) is 0 Å². The van der Waals surface area contributed by atoms with Crippen LogP contribution < -0.4 is 20.9 Å². The number of allylic oxidation sites excluding steroid dienone is 1. The maximum Gasteiger partial charge on any atom is 0.258 e. The molecule has 0 spiro atoms. The number of hydrogen-bond acceptors (Lipinski definition) is 8. The molecular weight excluding hydrogens is 593 g/mol. The van der Waals surface area contributed by atoms with Crippen LogP contribution in [-0.2, 0) is 5.41 Å². The average molecular weight is 634 g/mol. The van der Waals surface area contributed by atoms with Crippen molar-refractivity contribution in [2.45, 2.75) is 26.2 Å². The van der Waals surface area contributed by atoms with Crippen LogP contribution in [0.3, 0.4) is 0 Å². The summed E-state index contributed by atoms with van der Waals surface area (Å²) in [6.45, 7) is 6.92. The summed E-state index contributed by atoms with van der Waals surface area (Å²) in [5.74, 6) is 4.91. The number of benzene rings is 2. The van der Waals surface area contributed by atoms with Gasteiger partial charge in [0, 0.05) is 62.7 Å². The Morgan fingerprint density at radius 1 is 1.13 bits per heavy atom. The van der Waals surface area contributed by atoms with Gasteiger partial charge in [0.1, 0.15) is 11.5 Å². The number of rotatable bonds is 11. The van der Waals surface area contributed by atoms with Crippen molar-refractivity contribution in [3.8, 4) is 17.9 Å². The first-order valence-electron chi connectivity index (χ1n) is 15.0. The molecule has 0 saturated carbocycles. The molecule has 0 unspecified atom stereocenters. The Labute approximate surface area is 275 Å². The fourth-order valence-electron chi connectivity index (χ4n) is 4.75. The number of anilines is 3. The second-order valence-electron chi connectivity index (χ2n) is 12.0. The van der Waals surface area contributed by atoms with Crippen molar-refractivity contribution in [1.29, 1.82) is 10.7 Å². The Bertz CT molecular complexity index is 1940. The van der Waals surface area contributed by atoms with Gasteiger partial charge in [-0.05, 0) is 94.4 Å². The lowest BCUT2D eigenvalue weighted by Gasteiger charge is -2.25. The molecule has 47 heavy (non-hydrogen) atoms.